The van der Waals surface area contributed by atoms with Gasteiger partial charge in [-0.15, -0.1) is 0 Å². The van der Waals surface area contributed by atoms with Crippen LogP contribution in [0.3, 0.4) is 0 Å². The Bertz CT molecular complexity index is 65.8. The molecule has 0 aromatic carbocycles. The molecule has 0 fully saturated rings. The zero-order chi connectivity index (χ0) is 7.33. The number of ether oxygens (including phenoxy) is 1. The van der Waals surface area contributed by atoms with E-state index in [1.807, 2.05) is 0 Å². The number of hydrogen-bond donors (Lipinski definition) is 1. The van der Waals surface area contributed by atoms with Gasteiger partial charge in [0.2, 0.25) is 0 Å². The molecule has 0 aromatic heterocycles. The molecule has 0 rings (SSSR count). The highest BCUT2D eigenvalue weighted by Gasteiger charge is 2.08. The Hall–Kier alpha value is 0.310. The molecule has 0 radical (unpaired) electrons. The predicted octanol–water partition coefficient (Wildman–Crippen LogP) is 1.98. The highest BCUT2D eigenvalue weighted by Crippen LogP contribution is 2.12. The molecule has 0 atom stereocenters. The maximum Gasteiger partial charge on any atom is 0.0554 e. The van der Waals surface area contributed by atoms with Crippen LogP contribution in [0.15, 0.2) is 0 Å². The van der Waals surface area contributed by atoms with Crippen LogP contribution in [0.2, 0.25) is 0 Å². The van der Waals surface area contributed by atoms with Gasteiger partial charge in [0.05, 0.1) is 13.2 Å². The van der Waals surface area contributed by atoms with Crippen molar-refractivity contribution in [3.63, 3.8) is 0 Å². The van der Waals surface area contributed by atoms with Crippen molar-refractivity contribution in [1.82, 2.24) is 0 Å². The van der Waals surface area contributed by atoms with Gasteiger partial charge >= 0.3 is 0 Å². The molecule has 0 aliphatic carbocycles. The van der Waals surface area contributed by atoms with E-state index in [0.29, 0.717) is 5.41 Å². The van der Waals surface area contributed by atoms with Crippen molar-refractivity contribution in [2.75, 3.05) is 19.0 Å². The van der Waals surface area contributed by atoms with Crippen LogP contribution in [0.5, 0.6) is 0 Å². The molecular formula is C7H16OS. The fourth-order valence-corrected chi connectivity index (χ4v) is 0.572. The smallest absolute Gasteiger partial charge is 0.0554 e. The quantitative estimate of drug-likeness (QED) is 0.475. The molecule has 0 aliphatic rings. The molecule has 1 nitrogen and oxygen atoms in total. The van der Waals surface area contributed by atoms with E-state index in [1.54, 1.807) is 0 Å². The highest BCUT2D eigenvalue weighted by molar-refractivity contribution is 7.80. The van der Waals surface area contributed by atoms with Gasteiger partial charge < -0.3 is 4.74 Å². The first-order chi connectivity index (χ1) is 4.06. The van der Waals surface area contributed by atoms with Gasteiger partial charge in [-0.25, -0.2) is 0 Å². The SMILES string of the molecule is CC(C)(C)COCCS. The molecule has 56 valence electrons. The molecule has 9 heavy (non-hydrogen) atoms. The van der Waals surface area contributed by atoms with Gasteiger partial charge in [-0.2, -0.15) is 12.6 Å². The Labute approximate surface area is 63.2 Å². The third-order valence-corrected chi connectivity index (χ3v) is 0.953. The monoisotopic (exact) mass is 148 g/mol. The van der Waals surface area contributed by atoms with Gasteiger partial charge in [0.1, 0.15) is 0 Å². The summed E-state index contributed by atoms with van der Waals surface area (Å²) in [6, 6.07) is 0. The number of thiol groups is 1. The van der Waals surface area contributed by atoms with Gasteiger partial charge in [-0.05, 0) is 5.41 Å². The van der Waals surface area contributed by atoms with Gasteiger partial charge in [0.15, 0.2) is 0 Å². The van der Waals surface area contributed by atoms with Crippen molar-refractivity contribution >= 4 is 12.6 Å². The van der Waals surface area contributed by atoms with Crippen LogP contribution < -0.4 is 0 Å². The van der Waals surface area contributed by atoms with Crippen LogP contribution in [0.1, 0.15) is 20.8 Å². The molecule has 0 N–H and O–H groups in total. The minimum absolute atomic E-state index is 0.295. The Kier molecular flexibility index (Phi) is 4.32. The van der Waals surface area contributed by atoms with E-state index in [4.69, 9.17) is 4.74 Å². The van der Waals surface area contributed by atoms with Crippen LogP contribution in [0.25, 0.3) is 0 Å². The summed E-state index contributed by atoms with van der Waals surface area (Å²) >= 11 is 4.03. The molecule has 0 bridgehead atoms. The van der Waals surface area contributed by atoms with Gasteiger partial charge in [0.25, 0.3) is 0 Å². The molecule has 0 aliphatic heterocycles. The molecule has 0 aromatic rings. The Morgan fingerprint density at radius 1 is 1.33 bits per heavy atom. The molecule has 0 unspecified atom stereocenters. The Morgan fingerprint density at radius 2 is 1.89 bits per heavy atom. The highest BCUT2D eigenvalue weighted by atomic mass is 32.1. The van der Waals surface area contributed by atoms with Crippen LogP contribution >= 0.6 is 12.6 Å². The third-order valence-electron chi connectivity index (χ3n) is 0.771. The van der Waals surface area contributed by atoms with E-state index in [9.17, 15) is 0 Å². The van der Waals surface area contributed by atoms with E-state index in [2.05, 4.69) is 33.4 Å². The first kappa shape index (κ1) is 9.31. The lowest BCUT2D eigenvalue weighted by Crippen LogP contribution is -2.15. The summed E-state index contributed by atoms with van der Waals surface area (Å²) < 4.78 is 5.27. The second-order valence-electron chi connectivity index (χ2n) is 3.34. The molecule has 0 amide bonds. The molecule has 0 spiro atoms. The van der Waals surface area contributed by atoms with Crippen molar-refractivity contribution in [3.8, 4) is 0 Å². The van der Waals surface area contributed by atoms with Crippen molar-refractivity contribution in [2.45, 2.75) is 20.8 Å². The van der Waals surface area contributed by atoms with Crippen LogP contribution in [0.4, 0.5) is 0 Å². The van der Waals surface area contributed by atoms with Crippen molar-refractivity contribution < 1.29 is 4.74 Å². The molecule has 0 heterocycles. The average Bonchev–Trinajstić information content (AvgIpc) is 1.63. The lowest BCUT2D eigenvalue weighted by atomic mass is 9.99. The zero-order valence-electron chi connectivity index (χ0n) is 6.48. The normalized spacial score (nSPS) is 12.0. The van der Waals surface area contributed by atoms with Crippen LogP contribution in [-0.2, 0) is 4.74 Å². The summed E-state index contributed by atoms with van der Waals surface area (Å²) in [5, 5.41) is 0. The van der Waals surface area contributed by atoms with Crippen LogP contribution in [-0.4, -0.2) is 19.0 Å². The fraction of sp³-hybridized carbons (Fsp3) is 1.00. The average molecular weight is 148 g/mol. The standard InChI is InChI=1S/C7H16OS/c1-7(2,3)6-8-4-5-9/h9H,4-6H2,1-3H3. The first-order valence-corrected chi connectivity index (χ1v) is 3.88. The lowest BCUT2D eigenvalue weighted by Gasteiger charge is -2.17. The molecule has 2 heteroatoms. The number of rotatable bonds is 3. The van der Waals surface area contributed by atoms with Crippen molar-refractivity contribution in [1.29, 1.82) is 0 Å². The van der Waals surface area contributed by atoms with E-state index in [1.165, 1.54) is 0 Å². The van der Waals surface area contributed by atoms with Gasteiger partial charge in [-0.3, -0.25) is 0 Å². The Balaban J connectivity index is 3.07. The molecule has 0 saturated carbocycles. The summed E-state index contributed by atoms with van der Waals surface area (Å²) in [5.74, 6) is 0.816. The largest absolute Gasteiger partial charge is 0.380 e. The molecule has 0 saturated heterocycles. The third kappa shape index (κ3) is 8.31. The predicted molar refractivity (Wildman–Crippen MR) is 44.1 cm³/mol. The van der Waals surface area contributed by atoms with Crippen molar-refractivity contribution in [2.24, 2.45) is 5.41 Å². The van der Waals surface area contributed by atoms with Crippen molar-refractivity contribution in [3.05, 3.63) is 0 Å². The Morgan fingerprint density at radius 3 is 2.22 bits per heavy atom. The summed E-state index contributed by atoms with van der Waals surface area (Å²) in [4.78, 5) is 0. The van der Waals surface area contributed by atoms with E-state index >= 15 is 0 Å². The zero-order valence-corrected chi connectivity index (χ0v) is 7.37. The number of hydrogen-bond acceptors (Lipinski definition) is 2. The van der Waals surface area contributed by atoms with E-state index < -0.39 is 0 Å². The lowest BCUT2D eigenvalue weighted by molar-refractivity contribution is 0.0824. The second-order valence-corrected chi connectivity index (χ2v) is 3.78. The summed E-state index contributed by atoms with van der Waals surface area (Å²) in [6.07, 6.45) is 0. The summed E-state index contributed by atoms with van der Waals surface area (Å²) in [7, 11) is 0. The van der Waals surface area contributed by atoms with E-state index in [-0.39, 0.29) is 0 Å². The minimum Gasteiger partial charge on any atom is -0.380 e. The first-order valence-electron chi connectivity index (χ1n) is 3.25. The second kappa shape index (κ2) is 4.18. The van der Waals surface area contributed by atoms with Gasteiger partial charge in [-0.1, -0.05) is 20.8 Å². The maximum atomic E-state index is 5.27. The summed E-state index contributed by atoms with van der Waals surface area (Å²) in [6.45, 7) is 8.07. The van der Waals surface area contributed by atoms with Crippen LogP contribution in [0, 0.1) is 5.41 Å². The minimum atomic E-state index is 0.295. The summed E-state index contributed by atoms with van der Waals surface area (Å²) in [5.41, 5.74) is 0.295. The van der Waals surface area contributed by atoms with Gasteiger partial charge in [0, 0.05) is 5.75 Å². The maximum absolute atomic E-state index is 5.27. The fourth-order valence-electron chi connectivity index (χ4n) is 0.443. The van der Waals surface area contributed by atoms with E-state index in [0.717, 1.165) is 19.0 Å². The molecular weight excluding hydrogens is 132 g/mol. The topological polar surface area (TPSA) is 9.23 Å².